The lowest BCUT2D eigenvalue weighted by Gasteiger charge is -2.13. The summed E-state index contributed by atoms with van der Waals surface area (Å²) in [6, 6.07) is 15.6. The molecule has 0 heterocycles. The van der Waals surface area contributed by atoms with Crippen LogP contribution in [0.15, 0.2) is 75.8 Å². The number of rotatable bonds is 7. The number of phenolic OH excluding ortho intramolecular Hbond substituents is 1. The number of anilines is 1. The monoisotopic (exact) mass is 573 g/mol. The number of hydrogen-bond acceptors (Lipinski definition) is 7. The quantitative estimate of drug-likeness (QED) is 0.156. The highest BCUT2D eigenvalue weighted by Gasteiger charge is 2.22. The van der Waals surface area contributed by atoms with Crippen LogP contribution in [-0.4, -0.2) is 31.1 Å². The third-order valence-electron chi connectivity index (χ3n) is 5.73. The van der Waals surface area contributed by atoms with Crippen LogP contribution in [0.3, 0.4) is 0 Å². The first-order valence-electron chi connectivity index (χ1n) is 11.1. The van der Waals surface area contributed by atoms with Gasteiger partial charge in [0, 0.05) is 11.5 Å². The number of aryl methyl sites for hydroxylation is 1. The molecule has 0 saturated heterocycles. The molecule has 9 nitrogen and oxygen atoms in total. The van der Waals surface area contributed by atoms with E-state index in [4.69, 9.17) is 27.9 Å². The van der Waals surface area contributed by atoms with E-state index in [2.05, 4.69) is 15.5 Å². The number of azo groups is 1. The highest BCUT2D eigenvalue weighted by molar-refractivity contribution is 7.86. The van der Waals surface area contributed by atoms with Crippen molar-refractivity contribution in [3.8, 4) is 11.5 Å². The van der Waals surface area contributed by atoms with Crippen LogP contribution in [-0.2, 0) is 16.5 Å². The number of nitrogens with zero attached hydrogens (tertiary/aromatic N) is 2. The van der Waals surface area contributed by atoms with Gasteiger partial charge in [0.2, 0.25) is 0 Å². The van der Waals surface area contributed by atoms with Crippen molar-refractivity contribution in [1.82, 2.24) is 0 Å². The second-order valence-corrected chi connectivity index (χ2v) is 10.2. The van der Waals surface area contributed by atoms with E-state index < -0.39 is 26.7 Å². The molecule has 0 saturated carbocycles. The molecule has 0 fully saturated rings. The topological polar surface area (TPSA) is 138 Å². The molecule has 0 unspecified atom stereocenters. The Kier molecular flexibility index (Phi) is 7.89. The Morgan fingerprint density at radius 3 is 2.42 bits per heavy atom. The molecule has 1 amide bonds. The number of benzene rings is 4. The number of phenols is 1. The van der Waals surface area contributed by atoms with Gasteiger partial charge in [0.15, 0.2) is 5.75 Å². The molecule has 4 rings (SSSR count). The number of methoxy groups -OCH3 is 1. The summed E-state index contributed by atoms with van der Waals surface area (Å²) in [5.41, 5.74) is 0.289. The summed E-state index contributed by atoms with van der Waals surface area (Å²) in [5.74, 6) is -0.743. The number of ether oxygens (including phenoxy) is 1. The number of aromatic hydroxyl groups is 1. The van der Waals surface area contributed by atoms with Gasteiger partial charge in [0.1, 0.15) is 22.0 Å². The molecule has 4 aromatic carbocycles. The standard InChI is InChI=1S/C26H21Cl2N3O6S/c1-3-14-8-11-21(38(34,35)36)24(22(14)28)31-30-23-17-7-5-4-6-15(17)12-18(25(23)32)26(33)29-20-13-16(37-2)9-10-19(20)27/h4-13,32H,3H2,1-2H3,(H,29,33)(H,34,35,36). The summed E-state index contributed by atoms with van der Waals surface area (Å²) < 4.78 is 38.8. The van der Waals surface area contributed by atoms with E-state index >= 15 is 0 Å². The van der Waals surface area contributed by atoms with E-state index in [0.29, 0.717) is 28.5 Å². The maximum absolute atomic E-state index is 13.2. The van der Waals surface area contributed by atoms with Crippen molar-refractivity contribution in [2.45, 2.75) is 18.2 Å². The molecule has 0 atom stereocenters. The van der Waals surface area contributed by atoms with E-state index in [1.807, 2.05) is 6.92 Å². The van der Waals surface area contributed by atoms with Crippen molar-refractivity contribution in [1.29, 1.82) is 0 Å². The maximum atomic E-state index is 13.2. The number of halogens is 2. The Labute approximate surface area is 228 Å². The fraction of sp³-hybridized carbons (Fsp3) is 0.115. The predicted octanol–water partition coefficient (Wildman–Crippen LogP) is 7.34. The van der Waals surface area contributed by atoms with Gasteiger partial charge >= 0.3 is 0 Å². The summed E-state index contributed by atoms with van der Waals surface area (Å²) >= 11 is 12.6. The average molecular weight is 574 g/mol. The normalized spacial score (nSPS) is 11.7. The minimum Gasteiger partial charge on any atom is -0.505 e. The lowest BCUT2D eigenvalue weighted by molar-refractivity contribution is 0.102. The van der Waals surface area contributed by atoms with Gasteiger partial charge in [0.05, 0.1) is 28.4 Å². The van der Waals surface area contributed by atoms with Gasteiger partial charge in [-0.25, -0.2) is 0 Å². The minimum atomic E-state index is -4.69. The van der Waals surface area contributed by atoms with E-state index in [1.54, 1.807) is 36.4 Å². The molecule has 196 valence electrons. The Morgan fingerprint density at radius 1 is 1.03 bits per heavy atom. The fourth-order valence-corrected chi connectivity index (χ4v) is 4.96. The Bertz CT molecular complexity index is 1710. The van der Waals surface area contributed by atoms with E-state index in [-0.39, 0.29) is 32.7 Å². The second-order valence-electron chi connectivity index (χ2n) is 8.06. The molecule has 38 heavy (non-hydrogen) atoms. The molecule has 3 N–H and O–H groups in total. The summed E-state index contributed by atoms with van der Waals surface area (Å²) in [4.78, 5) is 12.7. The smallest absolute Gasteiger partial charge is 0.296 e. The van der Waals surface area contributed by atoms with Crippen LogP contribution < -0.4 is 10.1 Å². The number of carbonyl (C=O) groups is 1. The van der Waals surface area contributed by atoms with E-state index in [9.17, 15) is 22.9 Å². The highest BCUT2D eigenvalue weighted by atomic mass is 35.5. The largest absolute Gasteiger partial charge is 0.505 e. The second kappa shape index (κ2) is 11.0. The lowest BCUT2D eigenvalue weighted by atomic mass is 10.0. The summed E-state index contributed by atoms with van der Waals surface area (Å²) in [5, 5.41) is 23.1. The van der Waals surface area contributed by atoms with Gasteiger partial charge in [-0.15, -0.1) is 10.2 Å². The first-order chi connectivity index (χ1) is 18.0. The van der Waals surface area contributed by atoms with Crippen LogP contribution >= 0.6 is 23.2 Å². The van der Waals surface area contributed by atoms with Crippen molar-refractivity contribution < 1.29 is 27.6 Å². The molecule has 0 aliphatic carbocycles. The number of hydrogen-bond donors (Lipinski definition) is 3. The first kappa shape index (κ1) is 27.3. The number of carbonyl (C=O) groups excluding carboxylic acids is 1. The van der Waals surface area contributed by atoms with Gasteiger partial charge in [-0.3, -0.25) is 9.35 Å². The van der Waals surface area contributed by atoms with Crippen LogP contribution in [0.2, 0.25) is 10.0 Å². The summed E-state index contributed by atoms with van der Waals surface area (Å²) in [6.07, 6.45) is 0.462. The van der Waals surface area contributed by atoms with Crippen molar-refractivity contribution in [3.05, 3.63) is 81.8 Å². The molecular formula is C26H21Cl2N3O6S. The van der Waals surface area contributed by atoms with Gasteiger partial charge < -0.3 is 15.2 Å². The molecular weight excluding hydrogens is 553 g/mol. The van der Waals surface area contributed by atoms with Crippen LogP contribution in [0.1, 0.15) is 22.8 Å². The zero-order valence-electron chi connectivity index (χ0n) is 20.1. The highest BCUT2D eigenvalue weighted by Crippen LogP contribution is 2.42. The molecule has 0 aliphatic heterocycles. The molecule has 0 aromatic heterocycles. The number of nitrogens with one attached hydrogen (secondary N) is 1. The Hall–Kier alpha value is -3.70. The third-order valence-corrected chi connectivity index (χ3v) is 7.37. The molecule has 0 spiro atoms. The van der Waals surface area contributed by atoms with Crippen LogP contribution in [0, 0.1) is 0 Å². The van der Waals surface area contributed by atoms with Gasteiger partial charge in [-0.05, 0) is 41.6 Å². The van der Waals surface area contributed by atoms with Gasteiger partial charge in [0.25, 0.3) is 16.0 Å². The van der Waals surface area contributed by atoms with E-state index in [0.717, 1.165) is 0 Å². The van der Waals surface area contributed by atoms with Crippen molar-refractivity contribution in [3.63, 3.8) is 0 Å². The van der Waals surface area contributed by atoms with E-state index in [1.165, 1.54) is 31.4 Å². The molecule has 12 heteroatoms. The van der Waals surface area contributed by atoms with Crippen LogP contribution in [0.5, 0.6) is 11.5 Å². The lowest BCUT2D eigenvalue weighted by Crippen LogP contribution is -2.12. The van der Waals surface area contributed by atoms with Gasteiger partial charge in [-0.1, -0.05) is 60.5 Å². The number of fused-ring (bicyclic) bond motifs is 1. The van der Waals surface area contributed by atoms with Crippen molar-refractivity contribution >= 4 is 67.1 Å². The molecule has 0 aliphatic rings. The summed E-state index contributed by atoms with van der Waals surface area (Å²) in [7, 11) is -3.22. The fourth-order valence-electron chi connectivity index (χ4n) is 3.77. The van der Waals surface area contributed by atoms with Crippen LogP contribution in [0.25, 0.3) is 10.8 Å². The Morgan fingerprint density at radius 2 is 1.74 bits per heavy atom. The van der Waals surface area contributed by atoms with Crippen molar-refractivity contribution in [2.24, 2.45) is 10.2 Å². The molecule has 0 bridgehead atoms. The Balaban J connectivity index is 1.86. The zero-order chi connectivity index (χ0) is 27.6. The molecule has 4 aromatic rings. The number of amides is 1. The van der Waals surface area contributed by atoms with Crippen molar-refractivity contribution in [2.75, 3.05) is 12.4 Å². The first-order valence-corrected chi connectivity index (χ1v) is 13.3. The SMILES string of the molecule is CCc1ccc(S(=O)(=O)O)c(N=Nc2c(O)c(C(=O)Nc3cc(OC)ccc3Cl)cc3ccccc23)c1Cl. The molecule has 0 radical (unpaired) electrons. The maximum Gasteiger partial charge on any atom is 0.296 e. The predicted molar refractivity (Wildman–Crippen MR) is 146 cm³/mol. The zero-order valence-corrected chi connectivity index (χ0v) is 22.4. The minimum absolute atomic E-state index is 0.0169. The third kappa shape index (κ3) is 5.44. The van der Waals surface area contributed by atoms with Gasteiger partial charge in [-0.2, -0.15) is 8.42 Å². The van der Waals surface area contributed by atoms with Crippen LogP contribution in [0.4, 0.5) is 17.1 Å². The summed E-state index contributed by atoms with van der Waals surface area (Å²) in [6.45, 7) is 1.81. The average Bonchev–Trinajstić information content (AvgIpc) is 2.89.